The van der Waals surface area contributed by atoms with Crippen LogP contribution >= 0.6 is 0 Å². The molecule has 1 aromatic heterocycles. The summed E-state index contributed by atoms with van der Waals surface area (Å²) in [7, 11) is 0. The van der Waals surface area contributed by atoms with E-state index in [1.807, 2.05) is 16.9 Å². The third-order valence-electron chi connectivity index (χ3n) is 5.37. The maximum Gasteiger partial charge on any atom is 0.0651 e. The highest BCUT2D eigenvalue weighted by atomic mass is 15.3. The largest absolute Gasteiger partial charge is 0.330 e. The van der Waals surface area contributed by atoms with E-state index in [9.17, 15) is 0 Å². The Morgan fingerprint density at radius 1 is 0.958 bits per heavy atom. The summed E-state index contributed by atoms with van der Waals surface area (Å²) in [5.41, 5.74) is 11.3. The van der Waals surface area contributed by atoms with Gasteiger partial charge in [0.25, 0.3) is 0 Å². The first-order valence-corrected chi connectivity index (χ1v) is 8.72. The highest BCUT2D eigenvalue weighted by Gasteiger charge is 2.34. The fraction of sp³-hybridized carbons (Fsp3) is 0.286. The molecule has 3 nitrogen and oxygen atoms in total. The van der Waals surface area contributed by atoms with Crippen LogP contribution in [-0.2, 0) is 5.41 Å². The van der Waals surface area contributed by atoms with Crippen LogP contribution in [0.15, 0.2) is 67.0 Å². The maximum atomic E-state index is 6.17. The summed E-state index contributed by atoms with van der Waals surface area (Å²) in [6.07, 6.45) is 8.77. The number of rotatable bonds is 4. The molecule has 4 rings (SSSR count). The molecule has 0 aliphatic heterocycles. The second-order valence-electron chi connectivity index (χ2n) is 6.77. The predicted molar refractivity (Wildman–Crippen MR) is 98.2 cm³/mol. The lowest BCUT2D eigenvalue weighted by molar-refractivity contribution is 0.453. The highest BCUT2D eigenvalue weighted by molar-refractivity contribution is 5.67. The lowest BCUT2D eigenvalue weighted by Gasteiger charge is -2.28. The number of nitrogens with zero attached hydrogens (tertiary/aromatic N) is 2. The summed E-state index contributed by atoms with van der Waals surface area (Å²) in [4.78, 5) is 0. The van der Waals surface area contributed by atoms with Crippen molar-refractivity contribution in [2.75, 3.05) is 6.54 Å². The molecule has 3 aromatic rings. The van der Waals surface area contributed by atoms with Crippen LogP contribution in [0.4, 0.5) is 0 Å². The summed E-state index contributed by atoms with van der Waals surface area (Å²) < 4.78 is 1.89. The Hall–Kier alpha value is -2.39. The van der Waals surface area contributed by atoms with E-state index in [-0.39, 0.29) is 5.41 Å². The van der Waals surface area contributed by atoms with Gasteiger partial charge in [-0.1, -0.05) is 49.2 Å². The van der Waals surface area contributed by atoms with Gasteiger partial charge in [0.1, 0.15) is 0 Å². The SMILES string of the molecule is NCC1(c2cccc(-c3cccc(-n4cccn4)c3)c2)CCCC1. The van der Waals surface area contributed by atoms with Crippen molar-refractivity contribution >= 4 is 0 Å². The molecule has 2 N–H and O–H groups in total. The third-order valence-corrected chi connectivity index (χ3v) is 5.37. The fourth-order valence-electron chi connectivity index (χ4n) is 3.94. The van der Waals surface area contributed by atoms with Crippen molar-refractivity contribution in [2.45, 2.75) is 31.1 Å². The Labute approximate surface area is 143 Å². The molecule has 24 heavy (non-hydrogen) atoms. The average Bonchev–Trinajstić information content (AvgIpc) is 3.34. The van der Waals surface area contributed by atoms with Crippen molar-refractivity contribution in [3.63, 3.8) is 0 Å². The normalized spacial score (nSPS) is 16.4. The number of hydrogen-bond donors (Lipinski definition) is 1. The van der Waals surface area contributed by atoms with E-state index in [0.717, 1.165) is 12.2 Å². The van der Waals surface area contributed by atoms with Gasteiger partial charge < -0.3 is 5.73 Å². The number of aromatic nitrogens is 2. The van der Waals surface area contributed by atoms with Crippen LogP contribution in [0.2, 0.25) is 0 Å². The smallest absolute Gasteiger partial charge is 0.0651 e. The van der Waals surface area contributed by atoms with Crippen LogP contribution in [0.25, 0.3) is 16.8 Å². The number of nitrogens with two attached hydrogens (primary N) is 1. The Kier molecular flexibility index (Phi) is 3.95. The van der Waals surface area contributed by atoms with Crippen molar-refractivity contribution in [2.24, 2.45) is 5.73 Å². The summed E-state index contributed by atoms with van der Waals surface area (Å²) in [6.45, 7) is 0.740. The van der Waals surface area contributed by atoms with E-state index in [1.165, 1.54) is 42.4 Å². The Balaban J connectivity index is 1.73. The quantitative estimate of drug-likeness (QED) is 0.779. The molecule has 2 aromatic carbocycles. The zero-order valence-electron chi connectivity index (χ0n) is 13.9. The Bertz CT molecular complexity index is 815. The first-order valence-electron chi connectivity index (χ1n) is 8.72. The van der Waals surface area contributed by atoms with Gasteiger partial charge in [0.05, 0.1) is 5.69 Å². The van der Waals surface area contributed by atoms with Gasteiger partial charge in [-0.15, -0.1) is 0 Å². The van der Waals surface area contributed by atoms with Gasteiger partial charge in [-0.3, -0.25) is 0 Å². The first-order chi connectivity index (χ1) is 11.8. The molecular weight excluding hydrogens is 294 g/mol. The third kappa shape index (κ3) is 2.65. The molecule has 0 atom stereocenters. The molecule has 0 unspecified atom stereocenters. The molecule has 0 spiro atoms. The van der Waals surface area contributed by atoms with E-state index in [4.69, 9.17) is 5.73 Å². The molecule has 0 saturated heterocycles. The van der Waals surface area contributed by atoms with Crippen LogP contribution in [0.5, 0.6) is 0 Å². The Morgan fingerprint density at radius 2 is 1.71 bits per heavy atom. The Morgan fingerprint density at radius 3 is 2.42 bits per heavy atom. The van der Waals surface area contributed by atoms with Gasteiger partial charge in [-0.2, -0.15) is 5.10 Å². The van der Waals surface area contributed by atoms with Gasteiger partial charge in [-0.25, -0.2) is 4.68 Å². The van der Waals surface area contributed by atoms with Crippen molar-refractivity contribution in [3.05, 3.63) is 72.6 Å². The van der Waals surface area contributed by atoms with Gasteiger partial charge in [0.2, 0.25) is 0 Å². The molecule has 1 saturated carbocycles. The lowest BCUT2D eigenvalue weighted by atomic mass is 9.78. The second-order valence-corrected chi connectivity index (χ2v) is 6.77. The van der Waals surface area contributed by atoms with E-state index in [2.05, 4.69) is 53.6 Å². The first kappa shape index (κ1) is 15.2. The van der Waals surface area contributed by atoms with Gasteiger partial charge >= 0.3 is 0 Å². The maximum absolute atomic E-state index is 6.17. The molecule has 1 aliphatic carbocycles. The van der Waals surface area contributed by atoms with Crippen molar-refractivity contribution in [1.82, 2.24) is 9.78 Å². The van der Waals surface area contributed by atoms with Crippen molar-refractivity contribution in [1.29, 1.82) is 0 Å². The molecule has 1 aliphatic rings. The molecule has 1 heterocycles. The molecule has 0 amide bonds. The summed E-state index contributed by atoms with van der Waals surface area (Å²) in [5, 5.41) is 4.33. The topological polar surface area (TPSA) is 43.8 Å². The van der Waals surface area contributed by atoms with Crippen LogP contribution in [0.3, 0.4) is 0 Å². The van der Waals surface area contributed by atoms with Crippen molar-refractivity contribution in [3.8, 4) is 16.8 Å². The fourth-order valence-corrected chi connectivity index (χ4v) is 3.94. The van der Waals surface area contributed by atoms with Crippen LogP contribution in [0, 0.1) is 0 Å². The molecular formula is C21H23N3. The molecule has 122 valence electrons. The van der Waals surface area contributed by atoms with Gasteiger partial charge in [0, 0.05) is 24.4 Å². The van der Waals surface area contributed by atoms with Crippen LogP contribution < -0.4 is 5.73 Å². The summed E-state index contributed by atoms with van der Waals surface area (Å²) >= 11 is 0. The van der Waals surface area contributed by atoms with Crippen LogP contribution in [0.1, 0.15) is 31.2 Å². The number of benzene rings is 2. The van der Waals surface area contributed by atoms with Gasteiger partial charge in [0.15, 0.2) is 0 Å². The van der Waals surface area contributed by atoms with Crippen LogP contribution in [-0.4, -0.2) is 16.3 Å². The van der Waals surface area contributed by atoms with Gasteiger partial charge in [-0.05, 0) is 47.7 Å². The summed E-state index contributed by atoms with van der Waals surface area (Å²) in [6, 6.07) is 19.4. The lowest BCUT2D eigenvalue weighted by Crippen LogP contribution is -2.31. The minimum Gasteiger partial charge on any atom is -0.330 e. The zero-order valence-corrected chi connectivity index (χ0v) is 13.9. The second kappa shape index (κ2) is 6.25. The predicted octanol–water partition coefficient (Wildman–Crippen LogP) is 4.31. The standard InChI is InChI=1S/C21H23N3/c22-16-21(10-1-2-11-21)19-8-3-6-17(14-19)18-7-4-9-20(15-18)24-13-5-12-23-24/h3-9,12-15H,1-2,10-11,16,22H2. The highest BCUT2D eigenvalue weighted by Crippen LogP contribution is 2.41. The monoisotopic (exact) mass is 317 g/mol. The van der Waals surface area contributed by atoms with Crippen molar-refractivity contribution < 1.29 is 0 Å². The zero-order chi connectivity index (χ0) is 16.4. The molecule has 3 heteroatoms. The van der Waals surface area contributed by atoms with E-state index in [0.29, 0.717) is 0 Å². The minimum absolute atomic E-state index is 0.176. The molecule has 0 bridgehead atoms. The summed E-state index contributed by atoms with van der Waals surface area (Å²) in [5.74, 6) is 0. The minimum atomic E-state index is 0.176. The number of hydrogen-bond acceptors (Lipinski definition) is 2. The van der Waals surface area contributed by atoms with E-state index in [1.54, 1.807) is 6.20 Å². The average molecular weight is 317 g/mol. The molecule has 0 radical (unpaired) electrons. The molecule has 1 fully saturated rings. The van der Waals surface area contributed by atoms with E-state index >= 15 is 0 Å². The van der Waals surface area contributed by atoms with E-state index < -0.39 is 0 Å².